The Morgan fingerprint density at radius 1 is 1.50 bits per heavy atom. The zero-order valence-electron chi connectivity index (χ0n) is 16.0. The van der Waals surface area contributed by atoms with E-state index < -0.39 is 34.1 Å². The Hall–Kier alpha value is -2.20. The second kappa shape index (κ2) is 7.32. The standard InChI is InChI=1S/C18H22FN3O5S/c1-10-18(13-7-12(22(24)25)5-6-14(13)19)11(8-26-10)9-28-15(21-18)20-16(23)27-17(2,3)4/h5-7,10-11H,8-9H2,1-4H3,(H,20,21,23)/t10-,11-,18-/m0/s1. The molecule has 1 N–H and O–H groups in total. The third-order valence-corrected chi connectivity index (χ3v) is 5.73. The monoisotopic (exact) mass is 411 g/mol. The number of benzene rings is 1. The largest absolute Gasteiger partial charge is 0.444 e. The van der Waals surface area contributed by atoms with Crippen LogP contribution >= 0.6 is 11.8 Å². The van der Waals surface area contributed by atoms with Gasteiger partial charge in [0.15, 0.2) is 5.17 Å². The number of carbonyl (C=O) groups excluding carboxylic acids is 1. The van der Waals surface area contributed by atoms with Crippen molar-refractivity contribution in [2.24, 2.45) is 10.9 Å². The van der Waals surface area contributed by atoms with Crippen LogP contribution < -0.4 is 5.32 Å². The van der Waals surface area contributed by atoms with Crippen LogP contribution in [0.4, 0.5) is 14.9 Å². The fraction of sp³-hybridized carbons (Fsp3) is 0.556. The number of amidine groups is 1. The molecule has 3 rings (SSSR count). The maximum absolute atomic E-state index is 14.8. The fourth-order valence-electron chi connectivity index (χ4n) is 3.47. The molecular weight excluding hydrogens is 389 g/mol. The van der Waals surface area contributed by atoms with E-state index in [1.165, 1.54) is 17.8 Å². The smallest absolute Gasteiger partial charge is 0.413 e. The van der Waals surface area contributed by atoms with Crippen LogP contribution in [0.5, 0.6) is 0 Å². The van der Waals surface area contributed by atoms with Gasteiger partial charge in [-0.15, -0.1) is 0 Å². The van der Waals surface area contributed by atoms with Crippen LogP contribution in [-0.4, -0.2) is 40.2 Å². The summed E-state index contributed by atoms with van der Waals surface area (Å²) in [4.78, 5) is 27.4. The number of nitrogens with one attached hydrogen (secondary N) is 1. The SMILES string of the molecule is C[C@@H]1OC[C@H]2CSC(NC(=O)OC(C)(C)C)=N[C@]21c1cc([N+](=O)[O-])ccc1F. The van der Waals surface area contributed by atoms with Crippen LogP contribution in [-0.2, 0) is 15.0 Å². The molecule has 1 fully saturated rings. The van der Waals surface area contributed by atoms with Crippen LogP contribution in [0.15, 0.2) is 23.2 Å². The molecule has 3 atom stereocenters. The summed E-state index contributed by atoms with van der Waals surface area (Å²) in [6.45, 7) is 7.32. The molecule has 8 nitrogen and oxygen atoms in total. The molecule has 28 heavy (non-hydrogen) atoms. The molecule has 152 valence electrons. The maximum Gasteiger partial charge on any atom is 0.413 e. The first-order chi connectivity index (χ1) is 13.0. The summed E-state index contributed by atoms with van der Waals surface area (Å²) in [7, 11) is 0. The molecule has 0 saturated carbocycles. The molecule has 1 amide bonds. The molecule has 0 aromatic heterocycles. The van der Waals surface area contributed by atoms with Crippen molar-refractivity contribution in [3.05, 3.63) is 39.7 Å². The van der Waals surface area contributed by atoms with E-state index in [-0.39, 0.29) is 22.3 Å². The molecule has 10 heteroatoms. The third kappa shape index (κ3) is 3.83. The highest BCUT2D eigenvalue weighted by molar-refractivity contribution is 8.13. The van der Waals surface area contributed by atoms with Gasteiger partial charge in [-0.2, -0.15) is 0 Å². The van der Waals surface area contributed by atoms with Gasteiger partial charge < -0.3 is 9.47 Å². The number of non-ortho nitro benzene ring substituents is 1. The third-order valence-electron chi connectivity index (χ3n) is 4.70. The van der Waals surface area contributed by atoms with Crippen LogP contribution in [0, 0.1) is 21.8 Å². The number of nitrogens with zero attached hydrogens (tertiary/aromatic N) is 2. The van der Waals surface area contributed by atoms with Crippen molar-refractivity contribution in [3.8, 4) is 0 Å². The Bertz CT molecular complexity index is 841. The highest BCUT2D eigenvalue weighted by Crippen LogP contribution is 2.49. The van der Waals surface area contributed by atoms with Crippen molar-refractivity contribution in [1.29, 1.82) is 0 Å². The highest BCUT2D eigenvalue weighted by atomic mass is 32.2. The summed E-state index contributed by atoms with van der Waals surface area (Å²) in [5.41, 5.74) is -1.97. The predicted molar refractivity (Wildman–Crippen MR) is 103 cm³/mol. The molecular formula is C18H22FN3O5S. The number of thioether (sulfide) groups is 1. The van der Waals surface area contributed by atoms with Gasteiger partial charge in [-0.25, -0.2) is 14.2 Å². The number of nitro benzene ring substituents is 1. The lowest BCUT2D eigenvalue weighted by molar-refractivity contribution is -0.385. The number of nitro groups is 1. The number of carbonyl (C=O) groups is 1. The quantitative estimate of drug-likeness (QED) is 0.589. The average molecular weight is 411 g/mol. The molecule has 0 aliphatic carbocycles. The zero-order chi connectivity index (χ0) is 20.7. The molecule has 2 heterocycles. The van der Waals surface area contributed by atoms with E-state index in [1.54, 1.807) is 27.7 Å². The topological polar surface area (TPSA) is 103 Å². The van der Waals surface area contributed by atoms with Crippen molar-refractivity contribution in [1.82, 2.24) is 5.32 Å². The van der Waals surface area contributed by atoms with Crippen molar-refractivity contribution >= 4 is 28.7 Å². The Morgan fingerprint density at radius 3 is 2.86 bits per heavy atom. The number of hydrogen-bond donors (Lipinski definition) is 1. The van der Waals surface area contributed by atoms with Gasteiger partial charge in [-0.05, 0) is 33.8 Å². The number of hydrogen-bond acceptors (Lipinski definition) is 7. The first kappa shape index (κ1) is 20.5. The van der Waals surface area contributed by atoms with E-state index >= 15 is 0 Å². The minimum absolute atomic E-state index is 0.0977. The van der Waals surface area contributed by atoms with Crippen LogP contribution in [0.3, 0.4) is 0 Å². The average Bonchev–Trinajstić information content (AvgIpc) is 2.90. The van der Waals surface area contributed by atoms with E-state index in [9.17, 15) is 19.3 Å². The van der Waals surface area contributed by atoms with E-state index in [0.717, 1.165) is 12.1 Å². The summed E-state index contributed by atoms with van der Waals surface area (Å²) >= 11 is 1.31. The number of aliphatic imine (C=N–C) groups is 1. The van der Waals surface area contributed by atoms with Crippen LogP contribution in [0.2, 0.25) is 0 Å². The van der Waals surface area contributed by atoms with Crippen LogP contribution in [0.1, 0.15) is 33.3 Å². The molecule has 0 radical (unpaired) electrons. The van der Waals surface area contributed by atoms with E-state index in [2.05, 4.69) is 10.3 Å². The van der Waals surface area contributed by atoms with Crippen molar-refractivity contribution in [2.75, 3.05) is 12.4 Å². The number of halogens is 1. The van der Waals surface area contributed by atoms with E-state index in [1.807, 2.05) is 0 Å². The van der Waals surface area contributed by atoms with Gasteiger partial charge in [-0.1, -0.05) is 11.8 Å². The summed E-state index contributed by atoms with van der Waals surface area (Å²) in [6.07, 6.45) is -1.19. The van der Waals surface area contributed by atoms with Gasteiger partial charge in [0.2, 0.25) is 0 Å². The normalized spacial score (nSPS) is 27.0. The zero-order valence-corrected chi connectivity index (χ0v) is 16.8. The van der Waals surface area contributed by atoms with E-state index in [4.69, 9.17) is 9.47 Å². The van der Waals surface area contributed by atoms with Crippen molar-refractivity contribution in [2.45, 2.75) is 44.9 Å². The summed E-state index contributed by atoms with van der Waals surface area (Å²) in [5.74, 6) is -0.269. The Balaban J connectivity index is 2.03. The Morgan fingerprint density at radius 2 is 2.21 bits per heavy atom. The molecule has 0 spiro atoms. The van der Waals surface area contributed by atoms with E-state index in [0.29, 0.717) is 12.4 Å². The summed E-state index contributed by atoms with van der Waals surface area (Å²) in [6, 6.07) is 3.40. The molecule has 0 bridgehead atoms. The predicted octanol–water partition coefficient (Wildman–Crippen LogP) is 3.59. The van der Waals surface area contributed by atoms with Gasteiger partial charge in [0.05, 0.1) is 17.6 Å². The van der Waals surface area contributed by atoms with Gasteiger partial charge in [0.1, 0.15) is 17.0 Å². The van der Waals surface area contributed by atoms with Crippen LogP contribution in [0.25, 0.3) is 0 Å². The fourth-order valence-corrected chi connectivity index (χ4v) is 4.55. The van der Waals surface area contributed by atoms with Gasteiger partial charge >= 0.3 is 6.09 Å². The minimum atomic E-state index is -1.16. The molecule has 1 aromatic carbocycles. The number of amides is 1. The van der Waals surface area contributed by atoms with Crippen molar-refractivity contribution in [3.63, 3.8) is 0 Å². The number of alkyl carbamates (subject to hydrolysis) is 1. The number of ether oxygens (including phenoxy) is 2. The molecule has 2 aliphatic rings. The molecule has 2 aliphatic heterocycles. The molecule has 0 unspecified atom stereocenters. The second-order valence-electron chi connectivity index (χ2n) is 7.77. The lowest BCUT2D eigenvalue weighted by Gasteiger charge is -2.37. The second-order valence-corrected chi connectivity index (χ2v) is 8.78. The molecule has 1 aromatic rings. The number of rotatable bonds is 2. The number of fused-ring (bicyclic) bond motifs is 1. The summed E-state index contributed by atoms with van der Waals surface area (Å²) < 4.78 is 25.8. The first-order valence-corrected chi connectivity index (χ1v) is 9.80. The first-order valence-electron chi connectivity index (χ1n) is 8.81. The van der Waals surface area contributed by atoms with Gasteiger partial charge in [0.25, 0.3) is 5.69 Å². The lowest BCUT2D eigenvalue weighted by Crippen LogP contribution is -2.46. The van der Waals surface area contributed by atoms with Crippen molar-refractivity contribution < 1.29 is 23.6 Å². The lowest BCUT2D eigenvalue weighted by atomic mass is 9.77. The minimum Gasteiger partial charge on any atom is -0.444 e. The Kier molecular flexibility index (Phi) is 5.37. The molecule has 1 saturated heterocycles. The van der Waals surface area contributed by atoms with Gasteiger partial charge in [0, 0.05) is 29.4 Å². The summed E-state index contributed by atoms with van der Waals surface area (Å²) in [5, 5.41) is 14.1. The Labute approximate surface area is 166 Å². The maximum atomic E-state index is 14.8. The van der Waals surface area contributed by atoms with Gasteiger partial charge in [-0.3, -0.25) is 15.4 Å². The highest BCUT2D eigenvalue weighted by Gasteiger charge is 2.54.